The molecule has 2 heterocycles. The minimum Gasteiger partial charge on any atom is -0.383 e. The van der Waals surface area contributed by atoms with E-state index in [9.17, 15) is 4.79 Å². The van der Waals surface area contributed by atoms with Gasteiger partial charge in [0.05, 0.1) is 0 Å². The lowest BCUT2D eigenvalue weighted by Gasteiger charge is -2.39. The highest BCUT2D eigenvalue weighted by molar-refractivity contribution is 6.02. The molecule has 1 atom stereocenters. The van der Waals surface area contributed by atoms with Crippen LogP contribution in [-0.2, 0) is 4.79 Å². The van der Waals surface area contributed by atoms with Gasteiger partial charge in [-0.05, 0) is 17.4 Å². The van der Waals surface area contributed by atoms with Gasteiger partial charge >= 0.3 is 0 Å². The number of rotatable bonds is 1. The molecule has 0 saturated carbocycles. The van der Waals surface area contributed by atoms with Crippen LogP contribution in [0.5, 0.6) is 0 Å². The number of aromatic nitrogens is 2. The number of hydrogen-bond donors (Lipinski definition) is 3. The second-order valence-corrected chi connectivity index (χ2v) is 7.53. The van der Waals surface area contributed by atoms with E-state index in [2.05, 4.69) is 29.1 Å². The topological polar surface area (TPSA) is 107 Å². The molecular formula is C19H21N5O. The van der Waals surface area contributed by atoms with Gasteiger partial charge < -0.3 is 16.8 Å². The Morgan fingerprint density at radius 2 is 1.84 bits per heavy atom. The normalized spacial score (nSPS) is 21.4. The number of nitrogen functional groups attached to an aromatic ring is 2. The van der Waals surface area contributed by atoms with Crippen LogP contribution in [0, 0.1) is 5.41 Å². The maximum Gasteiger partial charge on any atom is 0.223 e. The number of benzene rings is 1. The quantitative estimate of drug-likeness (QED) is 0.740. The van der Waals surface area contributed by atoms with Gasteiger partial charge in [-0.15, -0.1) is 0 Å². The summed E-state index contributed by atoms with van der Waals surface area (Å²) in [5, 5.41) is 3.31. The first-order chi connectivity index (χ1) is 11.9. The predicted octanol–water partition coefficient (Wildman–Crippen LogP) is 2.84. The summed E-state index contributed by atoms with van der Waals surface area (Å²) in [6, 6.07) is 9.89. The molecule has 6 nitrogen and oxygen atoms in total. The van der Waals surface area contributed by atoms with Crippen LogP contribution in [0.15, 0.2) is 41.6 Å². The first kappa shape index (κ1) is 15.6. The van der Waals surface area contributed by atoms with E-state index >= 15 is 0 Å². The van der Waals surface area contributed by atoms with E-state index in [1.54, 1.807) is 0 Å². The summed E-state index contributed by atoms with van der Waals surface area (Å²) in [4.78, 5) is 21.5. The average molecular weight is 335 g/mol. The highest BCUT2D eigenvalue weighted by atomic mass is 16.1. The molecule has 1 aliphatic carbocycles. The predicted molar refractivity (Wildman–Crippen MR) is 97.8 cm³/mol. The van der Waals surface area contributed by atoms with Gasteiger partial charge in [0.2, 0.25) is 5.95 Å². The number of nitrogens with one attached hydrogen (secondary N) is 1. The fourth-order valence-electron chi connectivity index (χ4n) is 3.93. The van der Waals surface area contributed by atoms with Crippen molar-refractivity contribution in [3.8, 4) is 0 Å². The Balaban J connectivity index is 1.98. The van der Waals surface area contributed by atoms with Crippen LogP contribution in [0.3, 0.4) is 0 Å². The highest BCUT2D eigenvalue weighted by Gasteiger charge is 2.42. The Bertz CT molecular complexity index is 902. The molecule has 5 N–H and O–H groups in total. The molecule has 4 rings (SSSR count). The number of allylic oxidation sites excluding steroid dienone is 2. The van der Waals surface area contributed by atoms with E-state index < -0.39 is 0 Å². The standard InChI is InChI=1S/C19H21N5O/c1-19(2)8-11-14(12(25)9-19)13(10-6-4-3-5-7-10)15-16(20)23-18(21)24-17(15)22-11/h3-7,13H,8-9H2,1-2H3,(H5,20,21,22,23,24)/t13-/m0/s1. The molecule has 25 heavy (non-hydrogen) atoms. The number of carbonyl (C=O) groups is 1. The Morgan fingerprint density at radius 3 is 2.56 bits per heavy atom. The zero-order valence-corrected chi connectivity index (χ0v) is 14.3. The number of ketones is 1. The summed E-state index contributed by atoms with van der Waals surface area (Å²) in [5.74, 6) is 0.920. The van der Waals surface area contributed by atoms with Crippen molar-refractivity contribution in [2.45, 2.75) is 32.6 Å². The minimum atomic E-state index is -0.267. The Kier molecular flexibility index (Phi) is 3.32. The highest BCUT2D eigenvalue weighted by Crippen LogP contribution is 2.49. The molecule has 1 aliphatic heterocycles. The molecule has 1 aromatic carbocycles. The fourth-order valence-corrected chi connectivity index (χ4v) is 3.93. The average Bonchev–Trinajstić information content (AvgIpc) is 2.52. The maximum atomic E-state index is 13.0. The molecule has 0 saturated heterocycles. The second kappa shape index (κ2) is 5.31. The number of hydrogen-bond acceptors (Lipinski definition) is 6. The number of nitrogens with two attached hydrogens (primary N) is 2. The largest absolute Gasteiger partial charge is 0.383 e. The van der Waals surface area contributed by atoms with Crippen LogP contribution in [0.25, 0.3) is 0 Å². The molecule has 1 aromatic heterocycles. The first-order valence-electron chi connectivity index (χ1n) is 8.37. The van der Waals surface area contributed by atoms with Gasteiger partial charge in [-0.25, -0.2) is 0 Å². The molecular weight excluding hydrogens is 314 g/mol. The van der Waals surface area contributed by atoms with Gasteiger partial charge in [-0.2, -0.15) is 9.97 Å². The van der Waals surface area contributed by atoms with Crippen LogP contribution in [-0.4, -0.2) is 15.8 Å². The molecule has 0 spiro atoms. The molecule has 0 fully saturated rings. The van der Waals surface area contributed by atoms with E-state index in [-0.39, 0.29) is 23.1 Å². The Morgan fingerprint density at radius 1 is 1.12 bits per heavy atom. The molecule has 0 radical (unpaired) electrons. The third-order valence-corrected chi connectivity index (χ3v) is 4.89. The molecule has 6 heteroatoms. The second-order valence-electron chi connectivity index (χ2n) is 7.53. The molecule has 2 aliphatic rings. The van der Waals surface area contributed by atoms with Crippen LogP contribution >= 0.6 is 0 Å². The van der Waals surface area contributed by atoms with Gasteiger partial charge in [-0.1, -0.05) is 44.2 Å². The van der Waals surface area contributed by atoms with Gasteiger partial charge in [0.15, 0.2) is 5.78 Å². The smallest absolute Gasteiger partial charge is 0.223 e. The number of anilines is 3. The van der Waals surface area contributed by atoms with Gasteiger partial charge in [0.1, 0.15) is 11.6 Å². The SMILES string of the molecule is CC1(C)CC(=O)C2=C(C1)Nc1nc(N)nc(N)c1[C@H]2c1ccccc1. The van der Waals surface area contributed by atoms with Crippen LogP contribution in [0.4, 0.5) is 17.6 Å². The minimum absolute atomic E-state index is 0.0915. The number of Topliss-reactive ketones (excluding diaryl/α,β-unsaturated/α-hetero) is 1. The monoisotopic (exact) mass is 335 g/mol. The third kappa shape index (κ3) is 2.54. The van der Waals surface area contributed by atoms with Gasteiger partial charge in [0.25, 0.3) is 0 Å². The lowest BCUT2D eigenvalue weighted by molar-refractivity contribution is -0.118. The summed E-state index contributed by atoms with van der Waals surface area (Å²) < 4.78 is 0. The van der Waals surface area contributed by atoms with Crippen molar-refractivity contribution in [1.29, 1.82) is 0 Å². The van der Waals surface area contributed by atoms with E-state index in [1.165, 1.54) is 0 Å². The maximum absolute atomic E-state index is 13.0. The molecule has 2 aromatic rings. The van der Waals surface area contributed by atoms with Crippen LogP contribution < -0.4 is 16.8 Å². The lowest BCUT2D eigenvalue weighted by atomic mass is 9.69. The van der Waals surface area contributed by atoms with Gasteiger partial charge in [-0.3, -0.25) is 4.79 Å². The first-order valence-corrected chi connectivity index (χ1v) is 8.37. The third-order valence-electron chi connectivity index (χ3n) is 4.89. The molecule has 0 unspecified atom stereocenters. The number of carbonyl (C=O) groups excluding carboxylic acids is 1. The van der Waals surface area contributed by atoms with E-state index in [0.29, 0.717) is 18.1 Å². The van der Waals surface area contributed by atoms with Crippen molar-refractivity contribution in [2.24, 2.45) is 5.41 Å². The summed E-state index contributed by atoms with van der Waals surface area (Å²) in [6.45, 7) is 4.21. The Hall–Kier alpha value is -2.89. The fraction of sp³-hybridized carbons (Fsp3) is 0.316. The summed E-state index contributed by atoms with van der Waals surface area (Å²) >= 11 is 0. The van der Waals surface area contributed by atoms with Crippen molar-refractivity contribution in [3.05, 3.63) is 52.7 Å². The van der Waals surface area contributed by atoms with Crippen molar-refractivity contribution in [1.82, 2.24) is 9.97 Å². The zero-order valence-electron chi connectivity index (χ0n) is 14.3. The summed E-state index contributed by atoms with van der Waals surface area (Å²) in [5.41, 5.74) is 15.3. The van der Waals surface area contributed by atoms with E-state index in [0.717, 1.165) is 28.8 Å². The molecule has 128 valence electrons. The van der Waals surface area contributed by atoms with Crippen LogP contribution in [0.2, 0.25) is 0 Å². The van der Waals surface area contributed by atoms with Crippen molar-refractivity contribution in [2.75, 3.05) is 16.8 Å². The van der Waals surface area contributed by atoms with Crippen molar-refractivity contribution in [3.63, 3.8) is 0 Å². The summed E-state index contributed by atoms with van der Waals surface area (Å²) in [7, 11) is 0. The molecule has 0 amide bonds. The van der Waals surface area contributed by atoms with E-state index in [1.807, 2.05) is 30.3 Å². The lowest BCUT2D eigenvalue weighted by Crippen LogP contribution is -2.34. The van der Waals surface area contributed by atoms with Crippen LogP contribution in [0.1, 0.15) is 43.7 Å². The number of fused-ring (bicyclic) bond motifs is 1. The molecule has 0 bridgehead atoms. The zero-order chi connectivity index (χ0) is 17.8. The Labute approximate surface area is 146 Å². The summed E-state index contributed by atoms with van der Waals surface area (Å²) in [6.07, 6.45) is 1.29. The number of nitrogens with zero attached hydrogens (tertiary/aromatic N) is 2. The van der Waals surface area contributed by atoms with Crippen molar-refractivity contribution < 1.29 is 4.79 Å². The van der Waals surface area contributed by atoms with Crippen molar-refractivity contribution >= 4 is 23.4 Å². The van der Waals surface area contributed by atoms with E-state index in [4.69, 9.17) is 11.5 Å². The van der Waals surface area contributed by atoms with Gasteiger partial charge in [0, 0.05) is 29.2 Å².